The molecule has 1 aliphatic heterocycles. The maximum absolute atomic E-state index is 12.6. The van der Waals surface area contributed by atoms with Crippen molar-refractivity contribution >= 4 is 21.6 Å². The molecule has 3 N–H and O–H groups in total. The Morgan fingerprint density at radius 2 is 2.00 bits per heavy atom. The summed E-state index contributed by atoms with van der Waals surface area (Å²) >= 11 is 0. The number of para-hydroxylation sites is 1. The molecule has 0 spiro atoms. The van der Waals surface area contributed by atoms with Gasteiger partial charge in [0.1, 0.15) is 6.07 Å². The molecule has 2 aromatic rings. The molecule has 0 aromatic heterocycles. The molecule has 0 aliphatic carbocycles. The van der Waals surface area contributed by atoms with Gasteiger partial charge in [0, 0.05) is 13.1 Å². The van der Waals surface area contributed by atoms with Crippen molar-refractivity contribution in [1.82, 2.24) is 5.32 Å². The largest absolute Gasteiger partial charge is 0.369 e. The molecule has 28 heavy (non-hydrogen) atoms. The second-order valence-electron chi connectivity index (χ2n) is 6.82. The Kier molecular flexibility index (Phi) is 5.68. The lowest BCUT2D eigenvalue weighted by molar-refractivity contribution is -0.126. The normalized spacial score (nSPS) is 15.4. The molecule has 1 fully saturated rings. The third-order valence-electron chi connectivity index (χ3n) is 4.93. The van der Waals surface area contributed by atoms with Crippen LogP contribution in [0.15, 0.2) is 53.4 Å². The fourth-order valence-corrected chi connectivity index (χ4v) is 3.87. The van der Waals surface area contributed by atoms with E-state index in [0.29, 0.717) is 30.6 Å². The smallest absolute Gasteiger partial charge is 0.238 e. The van der Waals surface area contributed by atoms with Crippen molar-refractivity contribution in [2.24, 2.45) is 11.1 Å². The van der Waals surface area contributed by atoms with E-state index in [1.807, 2.05) is 30.0 Å². The van der Waals surface area contributed by atoms with E-state index in [0.717, 1.165) is 5.69 Å². The number of hydrogen-bond donors (Lipinski definition) is 2. The molecular formula is C20H22N4O3S. The minimum absolute atomic E-state index is 0.0284. The van der Waals surface area contributed by atoms with Crippen molar-refractivity contribution in [3.05, 3.63) is 59.7 Å². The number of primary sulfonamides is 1. The Hall–Kier alpha value is -2.89. The van der Waals surface area contributed by atoms with Gasteiger partial charge in [0.05, 0.1) is 28.1 Å². The van der Waals surface area contributed by atoms with Gasteiger partial charge in [-0.05, 0) is 36.2 Å². The molecule has 1 atom stereocenters. The molecule has 1 aliphatic rings. The Morgan fingerprint density at radius 3 is 2.64 bits per heavy atom. The molecule has 0 bridgehead atoms. The Balaban J connectivity index is 1.66. The summed E-state index contributed by atoms with van der Waals surface area (Å²) in [7, 11) is -3.80. The van der Waals surface area contributed by atoms with Crippen molar-refractivity contribution in [3.8, 4) is 6.07 Å². The van der Waals surface area contributed by atoms with Gasteiger partial charge in [-0.15, -0.1) is 0 Å². The molecule has 1 heterocycles. The summed E-state index contributed by atoms with van der Waals surface area (Å²) in [5, 5.41) is 17.4. The van der Waals surface area contributed by atoms with Gasteiger partial charge in [0.15, 0.2) is 0 Å². The maximum Gasteiger partial charge on any atom is 0.238 e. The van der Waals surface area contributed by atoms with Crippen LogP contribution in [0.3, 0.4) is 0 Å². The number of nitriles is 1. The Bertz CT molecular complexity index is 1020. The quantitative estimate of drug-likeness (QED) is 0.771. The average Bonchev–Trinajstić information content (AvgIpc) is 2.64. The van der Waals surface area contributed by atoms with Crippen LogP contribution in [0.5, 0.6) is 0 Å². The standard InChI is InChI=1S/C20H22N4O3S/c1-2-18(14-7-5-8-17(10-14)28(22,26)27)23-20(25)16-12-24(13-16)19-9-4-3-6-15(19)11-21/h3-10,16,18H,2,12-13H2,1H3,(H,23,25)(H2,22,26,27). The van der Waals surface area contributed by atoms with Crippen LogP contribution in [0.25, 0.3) is 0 Å². The molecule has 1 amide bonds. The van der Waals surface area contributed by atoms with Crippen molar-refractivity contribution in [2.75, 3.05) is 18.0 Å². The topological polar surface area (TPSA) is 116 Å². The highest BCUT2D eigenvalue weighted by atomic mass is 32.2. The van der Waals surface area contributed by atoms with Crippen LogP contribution in [0.2, 0.25) is 0 Å². The molecule has 0 saturated carbocycles. The number of carbonyl (C=O) groups is 1. The fraction of sp³-hybridized carbons (Fsp3) is 0.300. The lowest BCUT2D eigenvalue weighted by atomic mass is 9.95. The van der Waals surface area contributed by atoms with E-state index in [1.54, 1.807) is 18.2 Å². The number of nitrogens with zero attached hydrogens (tertiary/aromatic N) is 2. The van der Waals surface area contributed by atoms with Crippen LogP contribution in [0, 0.1) is 17.2 Å². The molecule has 0 radical (unpaired) electrons. The number of nitrogens with one attached hydrogen (secondary N) is 1. The lowest BCUT2D eigenvalue weighted by Gasteiger charge is -2.41. The minimum Gasteiger partial charge on any atom is -0.369 e. The van der Waals surface area contributed by atoms with Crippen LogP contribution in [0.1, 0.15) is 30.5 Å². The number of carbonyl (C=O) groups excluding carboxylic acids is 1. The summed E-state index contributed by atoms with van der Waals surface area (Å²) < 4.78 is 23.1. The minimum atomic E-state index is -3.80. The fourth-order valence-electron chi connectivity index (χ4n) is 3.30. The summed E-state index contributed by atoms with van der Waals surface area (Å²) in [5.41, 5.74) is 2.13. The SMILES string of the molecule is CCC(NC(=O)C1CN(c2ccccc2C#N)C1)c1cccc(S(N)(=O)=O)c1. The highest BCUT2D eigenvalue weighted by Gasteiger charge is 2.34. The van der Waals surface area contributed by atoms with Crippen LogP contribution >= 0.6 is 0 Å². The molecule has 1 saturated heterocycles. The van der Waals surface area contributed by atoms with Gasteiger partial charge < -0.3 is 10.2 Å². The van der Waals surface area contributed by atoms with Gasteiger partial charge >= 0.3 is 0 Å². The number of rotatable bonds is 6. The third kappa shape index (κ3) is 4.16. The van der Waals surface area contributed by atoms with E-state index in [9.17, 15) is 18.5 Å². The van der Waals surface area contributed by atoms with E-state index < -0.39 is 10.0 Å². The molecule has 1 unspecified atom stereocenters. The van der Waals surface area contributed by atoms with Gasteiger partial charge in [-0.25, -0.2) is 13.6 Å². The molecule has 2 aromatic carbocycles. The number of nitrogens with two attached hydrogens (primary N) is 1. The second-order valence-corrected chi connectivity index (χ2v) is 8.38. The van der Waals surface area contributed by atoms with Crippen molar-refractivity contribution < 1.29 is 13.2 Å². The van der Waals surface area contributed by atoms with Gasteiger partial charge in [0.25, 0.3) is 0 Å². The highest BCUT2D eigenvalue weighted by molar-refractivity contribution is 7.89. The highest BCUT2D eigenvalue weighted by Crippen LogP contribution is 2.28. The second kappa shape index (κ2) is 8.00. The summed E-state index contributed by atoms with van der Waals surface area (Å²) in [4.78, 5) is 14.7. The zero-order valence-electron chi connectivity index (χ0n) is 15.5. The van der Waals surface area contributed by atoms with Crippen LogP contribution in [-0.2, 0) is 14.8 Å². The average molecular weight is 398 g/mol. The van der Waals surface area contributed by atoms with Crippen LogP contribution in [0.4, 0.5) is 5.69 Å². The Labute approximate surface area is 164 Å². The zero-order chi connectivity index (χ0) is 20.3. The number of sulfonamides is 1. The summed E-state index contributed by atoms with van der Waals surface area (Å²) in [6.45, 7) is 3.00. The summed E-state index contributed by atoms with van der Waals surface area (Å²) in [6.07, 6.45) is 0.619. The first-order valence-corrected chi connectivity index (χ1v) is 10.5. The molecule has 7 nitrogen and oxygen atoms in total. The summed E-state index contributed by atoms with van der Waals surface area (Å²) in [5.74, 6) is -0.263. The van der Waals surface area contributed by atoms with E-state index in [4.69, 9.17) is 5.14 Å². The predicted molar refractivity (Wildman–Crippen MR) is 106 cm³/mol. The summed E-state index contributed by atoms with van der Waals surface area (Å²) in [6, 6.07) is 15.5. The molecule has 3 rings (SSSR count). The van der Waals surface area contributed by atoms with Gasteiger partial charge in [-0.1, -0.05) is 31.2 Å². The van der Waals surface area contributed by atoms with E-state index in [1.165, 1.54) is 12.1 Å². The van der Waals surface area contributed by atoms with Crippen LogP contribution in [-0.4, -0.2) is 27.4 Å². The van der Waals surface area contributed by atoms with Gasteiger partial charge in [0.2, 0.25) is 15.9 Å². The number of hydrogen-bond acceptors (Lipinski definition) is 5. The maximum atomic E-state index is 12.6. The van der Waals surface area contributed by atoms with Crippen molar-refractivity contribution in [1.29, 1.82) is 5.26 Å². The van der Waals surface area contributed by atoms with Crippen LogP contribution < -0.4 is 15.4 Å². The van der Waals surface area contributed by atoms with E-state index in [-0.39, 0.29) is 22.8 Å². The van der Waals surface area contributed by atoms with E-state index in [2.05, 4.69) is 11.4 Å². The van der Waals surface area contributed by atoms with Crippen molar-refractivity contribution in [3.63, 3.8) is 0 Å². The first-order chi connectivity index (χ1) is 13.3. The molecule has 8 heteroatoms. The predicted octanol–water partition coefficient (Wildman–Crippen LogP) is 1.91. The lowest BCUT2D eigenvalue weighted by Crippen LogP contribution is -2.54. The number of anilines is 1. The zero-order valence-corrected chi connectivity index (χ0v) is 16.3. The monoisotopic (exact) mass is 398 g/mol. The molecule has 146 valence electrons. The molecular weight excluding hydrogens is 376 g/mol. The van der Waals surface area contributed by atoms with Gasteiger partial charge in [-0.2, -0.15) is 5.26 Å². The first-order valence-electron chi connectivity index (χ1n) is 9.00. The number of amides is 1. The first kappa shape index (κ1) is 19.9. The number of benzene rings is 2. The third-order valence-corrected chi connectivity index (χ3v) is 5.84. The Morgan fingerprint density at radius 1 is 1.29 bits per heavy atom. The van der Waals surface area contributed by atoms with Crippen molar-refractivity contribution in [2.45, 2.75) is 24.3 Å². The van der Waals surface area contributed by atoms with Gasteiger partial charge in [-0.3, -0.25) is 4.79 Å². The van der Waals surface area contributed by atoms with E-state index >= 15 is 0 Å².